The van der Waals surface area contributed by atoms with E-state index in [1.165, 1.54) is 0 Å². The molecule has 0 saturated carbocycles. The Morgan fingerprint density at radius 2 is 2.00 bits per heavy atom. The first-order valence-corrected chi connectivity index (χ1v) is 3.96. The molecule has 64 valence electrons. The van der Waals surface area contributed by atoms with Crippen molar-refractivity contribution in [2.75, 3.05) is 13.7 Å². The Hall–Kier alpha value is -1.15. The van der Waals surface area contributed by atoms with E-state index in [9.17, 15) is 0 Å². The van der Waals surface area contributed by atoms with Gasteiger partial charge < -0.3 is 10.1 Å². The van der Waals surface area contributed by atoms with E-state index >= 15 is 0 Å². The molecule has 2 heteroatoms. The van der Waals surface area contributed by atoms with Gasteiger partial charge in [-0.25, -0.2) is 0 Å². The number of methoxy groups -OCH3 is 1. The highest BCUT2D eigenvalue weighted by Gasteiger charge is 1.98. The van der Waals surface area contributed by atoms with E-state index in [2.05, 4.69) is 0 Å². The van der Waals surface area contributed by atoms with Gasteiger partial charge in [-0.3, -0.25) is 0 Å². The number of hydrogen-bond acceptors (Lipinski definition) is 2. The summed E-state index contributed by atoms with van der Waals surface area (Å²) in [5, 5.41) is 7.65. The summed E-state index contributed by atoms with van der Waals surface area (Å²) < 4.78 is 4.89. The average molecular weight is 163 g/mol. The zero-order valence-corrected chi connectivity index (χ0v) is 7.21. The third-order valence-electron chi connectivity index (χ3n) is 1.68. The van der Waals surface area contributed by atoms with Crippen LogP contribution in [0.5, 0.6) is 0 Å². The van der Waals surface area contributed by atoms with Crippen LogP contribution in [0.3, 0.4) is 0 Å². The van der Waals surface area contributed by atoms with E-state index < -0.39 is 0 Å². The van der Waals surface area contributed by atoms with Crippen molar-refractivity contribution in [2.45, 2.75) is 6.42 Å². The molecule has 0 saturated heterocycles. The average Bonchev–Trinajstić information content (AvgIpc) is 2.15. The lowest BCUT2D eigenvalue weighted by molar-refractivity contribution is 0.207. The van der Waals surface area contributed by atoms with Crippen molar-refractivity contribution in [1.82, 2.24) is 0 Å². The van der Waals surface area contributed by atoms with Crippen LogP contribution in [-0.2, 0) is 4.74 Å². The van der Waals surface area contributed by atoms with Crippen LogP contribution in [0.2, 0.25) is 0 Å². The van der Waals surface area contributed by atoms with Crippen LogP contribution in [0.4, 0.5) is 0 Å². The molecular formula is C10H13NO. The Balaban J connectivity index is 2.54. The van der Waals surface area contributed by atoms with E-state index in [0.29, 0.717) is 18.7 Å². The molecule has 0 aliphatic rings. The predicted molar refractivity (Wildman–Crippen MR) is 49.8 cm³/mol. The largest absolute Gasteiger partial charge is 0.384 e. The van der Waals surface area contributed by atoms with Crippen LogP contribution in [0.1, 0.15) is 12.0 Å². The van der Waals surface area contributed by atoms with Crippen molar-refractivity contribution >= 4 is 5.71 Å². The van der Waals surface area contributed by atoms with Gasteiger partial charge in [0.1, 0.15) is 0 Å². The molecule has 0 unspecified atom stereocenters. The Morgan fingerprint density at radius 3 is 2.58 bits per heavy atom. The summed E-state index contributed by atoms with van der Waals surface area (Å²) in [4.78, 5) is 0. The number of ether oxygens (including phenoxy) is 1. The maximum atomic E-state index is 7.65. The van der Waals surface area contributed by atoms with Crippen molar-refractivity contribution in [3.63, 3.8) is 0 Å². The Morgan fingerprint density at radius 1 is 1.33 bits per heavy atom. The van der Waals surface area contributed by atoms with Gasteiger partial charge in [0.25, 0.3) is 0 Å². The lowest BCUT2D eigenvalue weighted by atomic mass is 10.1. The Kier molecular flexibility index (Phi) is 3.48. The molecule has 0 atom stereocenters. The molecule has 1 N–H and O–H groups in total. The quantitative estimate of drug-likeness (QED) is 0.677. The van der Waals surface area contributed by atoms with Crippen LogP contribution in [0.15, 0.2) is 30.3 Å². The van der Waals surface area contributed by atoms with Gasteiger partial charge in [-0.05, 0) is 5.56 Å². The monoisotopic (exact) mass is 163 g/mol. The molecule has 2 nitrogen and oxygen atoms in total. The second-order valence-electron chi connectivity index (χ2n) is 2.59. The highest BCUT2D eigenvalue weighted by atomic mass is 16.5. The number of benzene rings is 1. The van der Waals surface area contributed by atoms with Crippen LogP contribution >= 0.6 is 0 Å². The fraction of sp³-hybridized carbons (Fsp3) is 0.300. The SMILES string of the molecule is COCCC(=N)c1ccccc1. The van der Waals surface area contributed by atoms with Gasteiger partial charge in [0.05, 0.1) is 6.61 Å². The van der Waals surface area contributed by atoms with Gasteiger partial charge in [0.2, 0.25) is 0 Å². The summed E-state index contributed by atoms with van der Waals surface area (Å²) in [5.74, 6) is 0. The Labute approximate surface area is 72.7 Å². The summed E-state index contributed by atoms with van der Waals surface area (Å²) in [6.07, 6.45) is 0.681. The summed E-state index contributed by atoms with van der Waals surface area (Å²) in [5.41, 5.74) is 1.62. The third-order valence-corrected chi connectivity index (χ3v) is 1.68. The fourth-order valence-electron chi connectivity index (χ4n) is 0.988. The second kappa shape index (κ2) is 4.67. The first kappa shape index (κ1) is 8.94. The molecule has 0 amide bonds. The van der Waals surface area contributed by atoms with Crippen molar-refractivity contribution < 1.29 is 4.74 Å². The van der Waals surface area contributed by atoms with Gasteiger partial charge in [-0.1, -0.05) is 30.3 Å². The second-order valence-corrected chi connectivity index (χ2v) is 2.59. The van der Waals surface area contributed by atoms with Crippen LogP contribution in [0, 0.1) is 5.41 Å². The normalized spacial score (nSPS) is 9.75. The van der Waals surface area contributed by atoms with Gasteiger partial charge in [0, 0.05) is 19.2 Å². The first-order valence-electron chi connectivity index (χ1n) is 3.96. The Bertz CT molecular complexity index is 243. The van der Waals surface area contributed by atoms with Gasteiger partial charge in [-0.2, -0.15) is 0 Å². The van der Waals surface area contributed by atoms with Crippen LogP contribution < -0.4 is 0 Å². The molecule has 1 aromatic rings. The van der Waals surface area contributed by atoms with Crippen molar-refractivity contribution in [3.8, 4) is 0 Å². The molecule has 1 rings (SSSR count). The van der Waals surface area contributed by atoms with Gasteiger partial charge in [0.15, 0.2) is 0 Å². The van der Waals surface area contributed by atoms with Crippen LogP contribution in [0.25, 0.3) is 0 Å². The van der Waals surface area contributed by atoms with Gasteiger partial charge >= 0.3 is 0 Å². The van der Waals surface area contributed by atoms with E-state index in [4.69, 9.17) is 10.1 Å². The summed E-state index contributed by atoms with van der Waals surface area (Å²) >= 11 is 0. The van der Waals surface area contributed by atoms with Crippen molar-refractivity contribution in [1.29, 1.82) is 5.41 Å². The van der Waals surface area contributed by atoms with E-state index in [1.54, 1.807) is 7.11 Å². The topological polar surface area (TPSA) is 33.1 Å². The molecule has 0 spiro atoms. The van der Waals surface area contributed by atoms with Gasteiger partial charge in [-0.15, -0.1) is 0 Å². The maximum Gasteiger partial charge on any atom is 0.0517 e. The summed E-state index contributed by atoms with van der Waals surface area (Å²) in [6, 6.07) is 9.72. The zero-order valence-electron chi connectivity index (χ0n) is 7.21. The highest BCUT2D eigenvalue weighted by Crippen LogP contribution is 2.02. The summed E-state index contributed by atoms with van der Waals surface area (Å²) in [7, 11) is 1.65. The minimum Gasteiger partial charge on any atom is -0.384 e. The molecule has 0 aliphatic heterocycles. The molecule has 0 aliphatic carbocycles. The molecule has 0 radical (unpaired) electrons. The smallest absolute Gasteiger partial charge is 0.0517 e. The standard InChI is InChI=1S/C10H13NO/c1-12-8-7-10(11)9-5-3-2-4-6-9/h2-6,11H,7-8H2,1H3. The lowest BCUT2D eigenvalue weighted by Gasteiger charge is -2.01. The van der Waals surface area contributed by atoms with E-state index in [-0.39, 0.29) is 0 Å². The third kappa shape index (κ3) is 2.47. The maximum absolute atomic E-state index is 7.65. The number of rotatable bonds is 4. The molecular weight excluding hydrogens is 150 g/mol. The lowest BCUT2D eigenvalue weighted by Crippen LogP contribution is -2.02. The molecule has 1 aromatic carbocycles. The van der Waals surface area contributed by atoms with Crippen molar-refractivity contribution in [2.24, 2.45) is 0 Å². The molecule has 0 fully saturated rings. The zero-order chi connectivity index (χ0) is 8.81. The van der Waals surface area contributed by atoms with Crippen LogP contribution in [-0.4, -0.2) is 19.4 Å². The first-order chi connectivity index (χ1) is 5.84. The molecule has 0 aromatic heterocycles. The van der Waals surface area contributed by atoms with E-state index in [0.717, 1.165) is 5.56 Å². The minimum absolute atomic E-state index is 0.619. The predicted octanol–water partition coefficient (Wildman–Crippen LogP) is 2.09. The van der Waals surface area contributed by atoms with Crippen molar-refractivity contribution in [3.05, 3.63) is 35.9 Å². The summed E-state index contributed by atoms with van der Waals surface area (Å²) in [6.45, 7) is 0.619. The minimum atomic E-state index is 0.619. The number of nitrogens with one attached hydrogen (secondary N) is 1. The highest BCUT2D eigenvalue weighted by molar-refractivity contribution is 5.98. The number of hydrogen-bond donors (Lipinski definition) is 1. The molecule has 0 heterocycles. The van der Waals surface area contributed by atoms with E-state index in [1.807, 2.05) is 30.3 Å². The fourth-order valence-corrected chi connectivity index (χ4v) is 0.988. The molecule has 12 heavy (non-hydrogen) atoms. The molecule has 0 bridgehead atoms.